The van der Waals surface area contributed by atoms with Crippen molar-refractivity contribution in [1.82, 2.24) is 15.1 Å². The molecule has 0 aliphatic heterocycles. The second-order valence-electron chi connectivity index (χ2n) is 9.04. The van der Waals surface area contributed by atoms with Crippen LogP contribution in [0.15, 0.2) is 35.9 Å². The topological polar surface area (TPSA) is 79.0 Å². The number of hydrogen-bond acceptors (Lipinski definition) is 5. The molecule has 176 valence electrons. The lowest BCUT2D eigenvalue weighted by Gasteiger charge is -2.35. The Morgan fingerprint density at radius 3 is 2.16 bits per heavy atom. The second kappa shape index (κ2) is 10.8. The normalized spacial score (nSPS) is 16.0. The maximum absolute atomic E-state index is 13.3. The van der Waals surface area contributed by atoms with E-state index in [0.717, 1.165) is 0 Å². The maximum Gasteiger partial charge on any atom is 0.333 e. The molecule has 7 nitrogen and oxygen atoms in total. The van der Waals surface area contributed by atoms with Gasteiger partial charge in [-0.2, -0.15) is 0 Å². The molecule has 0 radical (unpaired) electrons. The fourth-order valence-corrected chi connectivity index (χ4v) is 4.21. The summed E-state index contributed by atoms with van der Waals surface area (Å²) in [4.78, 5) is 41.7. The van der Waals surface area contributed by atoms with E-state index in [2.05, 4.69) is 17.4 Å². The molecular formula is C25H37N3O4. The Morgan fingerprint density at radius 1 is 1.12 bits per heavy atom. The first-order valence-corrected chi connectivity index (χ1v) is 11.2. The lowest BCUT2D eigenvalue weighted by molar-refractivity contribution is -0.138. The van der Waals surface area contributed by atoms with Crippen molar-refractivity contribution in [2.45, 2.75) is 52.1 Å². The van der Waals surface area contributed by atoms with Crippen LogP contribution in [-0.2, 0) is 32.0 Å². The number of benzene rings is 1. The Morgan fingerprint density at radius 2 is 1.69 bits per heavy atom. The lowest BCUT2D eigenvalue weighted by atomic mass is 9.93. The van der Waals surface area contributed by atoms with Crippen LogP contribution in [0.3, 0.4) is 0 Å². The molecule has 1 aliphatic rings. The first-order valence-electron chi connectivity index (χ1n) is 11.2. The number of fused-ring (bicyclic) bond motifs is 1. The van der Waals surface area contributed by atoms with Gasteiger partial charge in [-0.1, -0.05) is 44.2 Å². The summed E-state index contributed by atoms with van der Waals surface area (Å²) in [5.41, 5.74) is 2.09. The van der Waals surface area contributed by atoms with Gasteiger partial charge in [0.2, 0.25) is 11.8 Å². The van der Waals surface area contributed by atoms with E-state index in [0.29, 0.717) is 25.0 Å². The number of likely N-dealkylation sites (N-methyl/N-ethyl adjacent to an activating group) is 2. The molecule has 0 unspecified atom stereocenters. The van der Waals surface area contributed by atoms with Crippen LogP contribution >= 0.6 is 0 Å². The minimum atomic E-state index is -0.708. The smallest absolute Gasteiger partial charge is 0.333 e. The molecule has 32 heavy (non-hydrogen) atoms. The van der Waals surface area contributed by atoms with Crippen LogP contribution < -0.4 is 5.32 Å². The van der Waals surface area contributed by atoms with Gasteiger partial charge in [0.05, 0.1) is 19.2 Å². The van der Waals surface area contributed by atoms with Crippen molar-refractivity contribution in [1.29, 1.82) is 0 Å². The number of amides is 2. The van der Waals surface area contributed by atoms with Crippen molar-refractivity contribution < 1.29 is 19.1 Å². The van der Waals surface area contributed by atoms with Gasteiger partial charge in [-0.15, -0.1) is 0 Å². The van der Waals surface area contributed by atoms with Crippen LogP contribution in [0.2, 0.25) is 0 Å². The van der Waals surface area contributed by atoms with Gasteiger partial charge in [0, 0.05) is 25.5 Å². The van der Waals surface area contributed by atoms with Gasteiger partial charge in [0.25, 0.3) is 0 Å². The highest BCUT2D eigenvalue weighted by Crippen LogP contribution is 2.33. The Balaban J connectivity index is 2.08. The number of hydrogen-bond donors (Lipinski definition) is 1. The predicted octanol–water partition coefficient (Wildman–Crippen LogP) is 2.19. The highest BCUT2D eigenvalue weighted by molar-refractivity contribution is 5.92. The average Bonchev–Trinajstić information content (AvgIpc) is 3.16. The van der Waals surface area contributed by atoms with Gasteiger partial charge in [0.15, 0.2) is 0 Å². The van der Waals surface area contributed by atoms with Crippen LogP contribution in [0.25, 0.3) is 0 Å². The summed E-state index contributed by atoms with van der Waals surface area (Å²) < 4.78 is 5.05. The quantitative estimate of drug-likeness (QED) is 0.468. The van der Waals surface area contributed by atoms with Crippen LogP contribution in [0, 0.1) is 5.92 Å². The summed E-state index contributed by atoms with van der Waals surface area (Å²) in [7, 11) is 5.50. The molecule has 0 saturated carbocycles. The zero-order valence-corrected chi connectivity index (χ0v) is 20.4. The average molecular weight is 444 g/mol. The molecule has 0 fully saturated rings. The number of ether oxygens (including phenoxy) is 1. The largest absolute Gasteiger partial charge is 0.463 e. The van der Waals surface area contributed by atoms with Crippen LogP contribution in [0.1, 0.15) is 38.8 Å². The van der Waals surface area contributed by atoms with Crippen molar-refractivity contribution in [2.75, 3.05) is 34.3 Å². The van der Waals surface area contributed by atoms with Gasteiger partial charge < -0.3 is 15.0 Å². The van der Waals surface area contributed by atoms with Crippen LogP contribution in [0.4, 0.5) is 0 Å². The third kappa shape index (κ3) is 5.57. The standard InChI is InChI=1S/C25H37N3O4/c1-8-32-23(30)18(4)13-21(17(2)3)28(7)22(29)16-26-24(31)25(27(5)6)14-19-11-9-10-12-20(19)15-25/h9-13,17,21H,8,14-16H2,1-7H3,(H,26,31)/b18-13+/t21-/m1/s1. The van der Waals surface area contributed by atoms with E-state index in [9.17, 15) is 14.4 Å². The van der Waals surface area contributed by atoms with Crippen LogP contribution in [0.5, 0.6) is 0 Å². The molecule has 0 aromatic heterocycles. The monoisotopic (exact) mass is 443 g/mol. The summed E-state index contributed by atoms with van der Waals surface area (Å²) in [5.74, 6) is -0.670. The number of carbonyl (C=O) groups is 3. The van der Waals surface area contributed by atoms with Crippen molar-refractivity contribution in [3.05, 3.63) is 47.0 Å². The lowest BCUT2D eigenvalue weighted by Crippen LogP contribution is -2.58. The molecule has 1 N–H and O–H groups in total. The molecule has 1 atom stereocenters. The zero-order chi connectivity index (χ0) is 24.1. The van der Waals surface area contributed by atoms with Crippen molar-refractivity contribution in [3.63, 3.8) is 0 Å². The first-order chi connectivity index (χ1) is 15.0. The fourth-order valence-electron chi connectivity index (χ4n) is 4.21. The molecule has 0 spiro atoms. The third-order valence-electron chi connectivity index (χ3n) is 6.30. The fraction of sp³-hybridized carbons (Fsp3) is 0.560. The van der Waals surface area contributed by atoms with Gasteiger partial charge in [-0.05, 0) is 45.0 Å². The molecule has 0 bridgehead atoms. The molecule has 1 aromatic carbocycles. The number of esters is 1. The summed E-state index contributed by atoms with van der Waals surface area (Å²) in [5, 5.41) is 2.87. The Bertz CT molecular complexity index is 851. The number of rotatable bonds is 9. The molecule has 0 saturated heterocycles. The van der Waals surface area contributed by atoms with Gasteiger partial charge in [-0.3, -0.25) is 14.5 Å². The molecule has 2 rings (SSSR count). The van der Waals surface area contributed by atoms with E-state index in [1.807, 2.05) is 45.0 Å². The SMILES string of the molecule is CCOC(=O)/C(C)=C/[C@H](C(C)C)N(C)C(=O)CNC(=O)C1(N(C)C)Cc2ccccc2C1. The van der Waals surface area contributed by atoms with Gasteiger partial charge in [-0.25, -0.2) is 4.79 Å². The van der Waals surface area contributed by atoms with Crippen molar-refractivity contribution >= 4 is 17.8 Å². The second-order valence-corrected chi connectivity index (χ2v) is 9.04. The molecule has 0 heterocycles. The van der Waals surface area contributed by atoms with E-state index < -0.39 is 5.54 Å². The Hall–Kier alpha value is -2.67. The minimum Gasteiger partial charge on any atom is -0.463 e. The third-order valence-corrected chi connectivity index (χ3v) is 6.30. The van der Waals surface area contributed by atoms with Crippen molar-refractivity contribution in [3.8, 4) is 0 Å². The predicted molar refractivity (Wildman–Crippen MR) is 125 cm³/mol. The summed E-state index contributed by atoms with van der Waals surface area (Å²) in [6.07, 6.45) is 2.99. The van der Waals surface area contributed by atoms with E-state index >= 15 is 0 Å². The number of carbonyl (C=O) groups excluding carboxylic acids is 3. The summed E-state index contributed by atoms with van der Waals surface area (Å²) in [6, 6.07) is 7.79. The van der Waals surface area contributed by atoms with E-state index in [4.69, 9.17) is 4.74 Å². The molecule has 7 heteroatoms. The Kier molecular flexibility index (Phi) is 8.61. The van der Waals surface area contributed by atoms with Crippen molar-refractivity contribution in [2.24, 2.45) is 5.92 Å². The summed E-state index contributed by atoms with van der Waals surface area (Å²) >= 11 is 0. The highest BCUT2D eigenvalue weighted by Gasteiger charge is 2.45. The molecule has 2 amide bonds. The van der Waals surface area contributed by atoms with Gasteiger partial charge >= 0.3 is 5.97 Å². The van der Waals surface area contributed by atoms with Crippen LogP contribution in [-0.4, -0.2) is 73.5 Å². The summed E-state index contributed by atoms with van der Waals surface area (Å²) in [6.45, 7) is 7.61. The van der Waals surface area contributed by atoms with E-state index in [1.54, 1.807) is 31.9 Å². The van der Waals surface area contributed by atoms with E-state index in [-0.39, 0.29) is 36.3 Å². The molecular weight excluding hydrogens is 406 g/mol. The minimum absolute atomic E-state index is 0.0847. The number of nitrogens with one attached hydrogen (secondary N) is 1. The maximum atomic E-state index is 13.3. The molecule has 1 aliphatic carbocycles. The number of nitrogens with zero attached hydrogens (tertiary/aromatic N) is 2. The first kappa shape index (κ1) is 25.6. The van der Waals surface area contributed by atoms with E-state index in [1.165, 1.54) is 11.1 Å². The zero-order valence-electron chi connectivity index (χ0n) is 20.4. The molecule has 1 aromatic rings. The Labute approximate surface area is 191 Å². The highest BCUT2D eigenvalue weighted by atomic mass is 16.5. The van der Waals surface area contributed by atoms with Gasteiger partial charge in [0.1, 0.15) is 5.54 Å².